The maximum absolute atomic E-state index is 12.2. The van der Waals surface area contributed by atoms with Gasteiger partial charge in [-0.05, 0) is 84.1 Å². The molecule has 0 aromatic heterocycles. The molecular formula is C32H68N6O2. The Balaban J connectivity index is 3.38. The Bertz CT molecular complexity index is 549. The first-order valence-corrected chi connectivity index (χ1v) is 17.0. The molecule has 0 saturated carbocycles. The molecule has 0 spiro atoms. The number of unbranched alkanes of at least 4 members (excludes halogenated alkanes) is 14. The lowest BCUT2D eigenvalue weighted by molar-refractivity contribution is -0.123. The van der Waals surface area contributed by atoms with Gasteiger partial charge in [0.25, 0.3) is 0 Å². The Labute approximate surface area is 247 Å². The third kappa shape index (κ3) is 29.8. The molecule has 0 rings (SSSR count). The molecule has 0 aliphatic heterocycles. The van der Waals surface area contributed by atoms with Gasteiger partial charge in [0.2, 0.25) is 11.8 Å². The van der Waals surface area contributed by atoms with Crippen LogP contribution >= 0.6 is 0 Å². The van der Waals surface area contributed by atoms with Crippen molar-refractivity contribution in [3.05, 3.63) is 0 Å². The van der Waals surface area contributed by atoms with Gasteiger partial charge >= 0.3 is 0 Å². The molecule has 0 aliphatic carbocycles. The normalized spacial score (nSPS) is 12.0. The van der Waals surface area contributed by atoms with E-state index in [2.05, 4.69) is 28.2 Å². The minimum Gasteiger partial charge on any atom is -0.356 e. The van der Waals surface area contributed by atoms with E-state index in [0.717, 1.165) is 84.1 Å². The zero-order valence-corrected chi connectivity index (χ0v) is 26.3. The lowest BCUT2D eigenvalue weighted by atomic mass is 10.0. The highest BCUT2D eigenvalue weighted by molar-refractivity contribution is 5.81. The Kier molecular flexibility index (Phi) is 31.3. The number of nitrogens with two attached hydrogens (primary N) is 2. The Hall–Kier alpha value is -1.22. The van der Waals surface area contributed by atoms with Crippen molar-refractivity contribution in [2.45, 2.75) is 148 Å². The van der Waals surface area contributed by atoms with Gasteiger partial charge in [0.1, 0.15) is 0 Å². The van der Waals surface area contributed by atoms with Crippen LogP contribution in [0.15, 0.2) is 0 Å². The zero-order chi connectivity index (χ0) is 29.4. The zero-order valence-electron chi connectivity index (χ0n) is 26.3. The molecule has 0 fully saturated rings. The third-order valence-corrected chi connectivity index (χ3v) is 7.45. The van der Waals surface area contributed by atoms with Crippen molar-refractivity contribution in [3.8, 4) is 0 Å². The fraction of sp³-hybridized carbons (Fsp3) is 0.938. The van der Waals surface area contributed by atoms with E-state index in [1.807, 2.05) is 0 Å². The maximum atomic E-state index is 12.2. The molecule has 0 saturated heterocycles. The highest BCUT2D eigenvalue weighted by Crippen LogP contribution is 2.13. The summed E-state index contributed by atoms with van der Waals surface area (Å²) in [6.45, 7) is 8.28. The summed E-state index contributed by atoms with van der Waals surface area (Å²) in [4.78, 5) is 24.2. The van der Waals surface area contributed by atoms with Crippen LogP contribution in [0.4, 0.5) is 0 Å². The van der Waals surface area contributed by atoms with Crippen LogP contribution in [-0.4, -0.2) is 63.7 Å². The fourth-order valence-corrected chi connectivity index (χ4v) is 4.77. The molecule has 0 aromatic carbocycles. The van der Waals surface area contributed by atoms with Crippen LogP contribution in [0, 0.1) is 0 Å². The van der Waals surface area contributed by atoms with Gasteiger partial charge in [-0.15, -0.1) is 0 Å². The van der Waals surface area contributed by atoms with Crippen LogP contribution in [0.2, 0.25) is 0 Å². The van der Waals surface area contributed by atoms with Gasteiger partial charge in [0.15, 0.2) is 0 Å². The van der Waals surface area contributed by atoms with E-state index in [4.69, 9.17) is 11.5 Å². The minimum atomic E-state index is -0.471. The van der Waals surface area contributed by atoms with Crippen LogP contribution in [0.25, 0.3) is 0 Å². The first kappa shape index (κ1) is 38.8. The molecule has 0 radical (unpaired) electrons. The topological polar surface area (TPSA) is 134 Å². The molecule has 0 aliphatic rings. The summed E-state index contributed by atoms with van der Waals surface area (Å²) in [5.74, 6) is 0.0768. The van der Waals surface area contributed by atoms with E-state index in [9.17, 15) is 9.59 Å². The average molecular weight is 569 g/mol. The summed E-state index contributed by atoms with van der Waals surface area (Å²) >= 11 is 0. The third-order valence-electron chi connectivity index (χ3n) is 7.45. The second kappa shape index (κ2) is 32.3. The fourth-order valence-electron chi connectivity index (χ4n) is 4.77. The van der Waals surface area contributed by atoms with Crippen molar-refractivity contribution in [1.29, 1.82) is 0 Å². The lowest BCUT2D eigenvalue weighted by Crippen LogP contribution is -2.41. The van der Waals surface area contributed by atoms with E-state index >= 15 is 0 Å². The highest BCUT2D eigenvalue weighted by atomic mass is 16.2. The quantitative estimate of drug-likeness (QED) is 0.0640. The van der Waals surface area contributed by atoms with E-state index in [-0.39, 0.29) is 11.8 Å². The molecule has 2 amide bonds. The van der Waals surface area contributed by atoms with Gasteiger partial charge in [0.05, 0.1) is 6.04 Å². The van der Waals surface area contributed by atoms with Crippen LogP contribution in [0.1, 0.15) is 142 Å². The number of hydrogen-bond acceptors (Lipinski definition) is 6. The van der Waals surface area contributed by atoms with Crippen molar-refractivity contribution in [3.63, 3.8) is 0 Å². The standard InChI is InChI=1S/C32H68N6O2/c1-2-3-4-5-6-7-8-9-10-11-12-13-14-22-31(39)37-28-16-15-21-30(34)32(40)38-29-20-27-36-25-18-17-24-35-26-19-23-33/h30,35-36H,2-29,33-34H2,1H3,(H,37,39)(H,38,40)/t30-/m1/s1. The van der Waals surface area contributed by atoms with Crippen molar-refractivity contribution in [2.24, 2.45) is 11.5 Å². The number of carbonyl (C=O) groups is 2. The molecule has 0 aromatic rings. The molecule has 1 atom stereocenters. The monoisotopic (exact) mass is 569 g/mol. The van der Waals surface area contributed by atoms with Crippen molar-refractivity contribution in [2.75, 3.05) is 45.8 Å². The van der Waals surface area contributed by atoms with Gasteiger partial charge in [-0.2, -0.15) is 0 Å². The molecule has 40 heavy (non-hydrogen) atoms. The van der Waals surface area contributed by atoms with Gasteiger partial charge < -0.3 is 32.7 Å². The Morgan fingerprint density at radius 1 is 0.550 bits per heavy atom. The van der Waals surface area contributed by atoms with Crippen LogP contribution in [-0.2, 0) is 9.59 Å². The largest absolute Gasteiger partial charge is 0.356 e. The number of rotatable bonds is 32. The first-order chi connectivity index (χ1) is 19.6. The predicted molar refractivity (Wildman–Crippen MR) is 171 cm³/mol. The number of amides is 2. The summed E-state index contributed by atoms with van der Waals surface area (Å²) < 4.78 is 0. The Morgan fingerprint density at radius 3 is 1.60 bits per heavy atom. The van der Waals surface area contributed by atoms with Gasteiger partial charge in [-0.1, -0.05) is 84.0 Å². The van der Waals surface area contributed by atoms with E-state index in [1.165, 1.54) is 70.6 Å². The van der Waals surface area contributed by atoms with Crippen molar-refractivity contribution in [1.82, 2.24) is 21.3 Å². The SMILES string of the molecule is CCCCCCCCCCCCCCCC(=O)NCCCC[C@@H](N)C(=O)NCCCNCCCCNCCCN. The molecule has 8 heteroatoms. The Morgan fingerprint density at radius 2 is 1.02 bits per heavy atom. The van der Waals surface area contributed by atoms with Crippen LogP contribution < -0.4 is 32.7 Å². The average Bonchev–Trinajstić information content (AvgIpc) is 2.95. The molecule has 238 valence electrons. The smallest absolute Gasteiger partial charge is 0.236 e. The van der Waals surface area contributed by atoms with Crippen LogP contribution in [0.5, 0.6) is 0 Å². The first-order valence-electron chi connectivity index (χ1n) is 17.0. The van der Waals surface area contributed by atoms with E-state index in [1.54, 1.807) is 0 Å². The van der Waals surface area contributed by atoms with Crippen LogP contribution in [0.3, 0.4) is 0 Å². The van der Waals surface area contributed by atoms with E-state index < -0.39 is 6.04 Å². The lowest BCUT2D eigenvalue weighted by Gasteiger charge is -2.12. The molecular weight excluding hydrogens is 500 g/mol. The number of nitrogens with one attached hydrogen (secondary N) is 4. The summed E-state index contributed by atoms with van der Waals surface area (Å²) in [7, 11) is 0. The van der Waals surface area contributed by atoms with Crippen molar-refractivity contribution < 1.29 is 9.59 Å². The summed E-state index contributed by atoms with van der Waals surface area (Å²) in [5.41, 5.74) is 11.5. The summed E-state index contributed by atoms with van der Waals surface area (Å²) in [5, 5.41) is 12.8. The molecule has 8 N–H and O–H groups in total. The van der Waals surface area contributed by atoms with Gasteiger partial charge in [0, 0.05) is 19.5 Å². The van der Waals surface area contributed by atoms with Crippen molar-refractivity contribution >= 4 is 11.8 Å². The molecule has 0 bridgehead atoms. The van der Waals surface area contributed by atoms with E-state index in [0.29, 0.717) is 25.9 Å². The molecule has 8 nitrogen and oxygen atoms in total. The van der Waals surface area contributed by atoms with Gasteiger partial charge in [-0.25, -0.2) is 0 Å². The highest BCUT2D eigenvalue weighted by Gasteiger charge is 2.12. The second-order valence-electron chi connectivity index (χ2n) is 11.4. The van der Waals surface area contributed by atoms with Gasteiger partial charge in [-0.3, -0.25) is 9.59 Å². The predicted octanol–water partition coefficient (Wildman–Crippen LogP) is 4.90. The molecule has 0 heterocycles. The summed E-state index contributed by atoms with van der Waals surface area (Å²) in [6, 6.07) is -0.471. The minimum absolute atomic E-state index is 0.0741. The summed E-state index contributed by atoms with van der Waals surface area (Å²) in [6.07, 6.45) is 24.3. The number of hydrogen-bond donors (Lipinski definition) is 6. The second-order valence-corrected chi connectivity index (χ2v) is 11.4. The number of carbonyl (C=O) groups excluding carboxylic acids is 2. The maximum Gasteiger partial charge on any atom is 0.236 e. The molecule has 0 unspecified atom stereocenters.